The number of benzene rings is 1. The molecule has 6 rings (SSSR count). The fraction of sp³-hybridized carbons (Fsp3) is 0.412. The second-order valence-electron chi connectivity index (χ2n) is 6.64. The Morgan fingerprint density at radius 1 is 0.905 bits per heavy atom. The Hall–Kier alpha value is -1.42. The lowest BCUT2D eigenvalue weighted by Gasteiger charge is -2.37. The van der Waals surface area contributed by atoms with Crippen LogP contribution >= 0.6 is 15.9 Å². The highest BCUT2D eigenvalue weighted by atomic mass is 79.9. The highest BCUT2D eigenvalue weighted by Gasteiger charge is 2.67. The van der Waals surface area contributed by atoms with Crippen molar-refractivity contribution in [1.29, 1.82) is 0 Å². The minimum atomic E-state index is -0.111. The summed E-state index contributed by atoms with van der Waals surface area (Å²) >= 11 is 3.39. The first-order valence-electron chi connectivity index (χ1n) is 7.48. The van der Waals surface area contributed by atoms with Crippen molar-refractivity contribution in [3.63, 3.8) is 0 Å². The summed E-state index contributed by atoms with van der Waals surface area (Å²) in [4.78, 5) is 27.1. The molecule has 4 heteroatoms. The highest BCUT2D eigenvalue weighted by molar-refractivity contribution is 9.10. The second kappa shape index (κ2) is 3.86. The maximum absolute atomic E-state index is 12.8. The second-order valence-corrected chi connectivity index (χ2v) is 7.56. The van der Waals surface area contributed by atoms with Crippen LogP contribution in [0.25, 0.3) is 0 Å². The quantitative estimate of drug-likeness (QED) is 0.580. The molecular formula is C17H14BrNO2. The van der Waals surface area contributed by atoms with Gasteiger partial charge in [0.25, 0.3) is 0 Å². The van der Waals surface area contributed by atoms with Gasteiger partial charge >= 0.3 is 0 Å². The monoisotopic (exact) mass is 343 g/mol. The van der Waals surface area contributed by atoms with Gasteiger partial charge in [-0.15, -0.1) is 0 Å². The van der Waals surface area contributed by atoms with E-state index < -0.39 is 0 Å². The topological polar surface area (TPSA) is 37.4 Å². The Morgan fingerprint density at radius 3 is 1.95 bits per heavy atom. The van der Waals surface area contributed by atoms with E-state index >= 15 is 0 Å². The van der Waals surface area contributed by atoms with Crippen molar-refractivity contribution < 1.29 is 9.59 Å². The van der Waals surface area contributed by atoms with Gasteiger partial charge in [0.2, 0.25) is 11.8 Å². The van der Waals surface area contributed by atoms with Crippen LogP contribution in [0.2, 0.25) is 0 Å². The number of anilines is 1. The normalized spacial score (nSPS) is 42.2. The average molecular weight is 344 g/mol. The Balaban J connectivity index is 1.58. The predicted octanol–water partition coefficient (Wildman–Crippen LogP) is 3.01. The van der Waals surface area contributed by atoms with Crippen LogP contribution in [0.5, 0.6) is 0 Å². The molecule has 0 spiro atoms. The molecule has 1 heterocycles. The summed E-state index contributed by atoms with van der Waals surface area (Å²) in [7, 11) is 0. The summed E-state index contributed by atoms with van der Waals surface area (Å²) in [5.41, 5.74) is 0.704. The van der Waals surface area contributed by atoms with E-state index in [1.54, 1.807) is 0 Å². The zero-order valence-electron chi connectivity index (χ0n) is 11.3. The summed E-state index contributed by atoms with van der Waals surface area (Å²) in [5.74, 6) is 1.70. The molecule has 2 amide bonds. The number of allylic oxidation sites excluding steroid dienone is 2. The van der Waals surface area contributed by atoms with Crippen molar-refractivity contribution in [3.8, 4) is 0 Å². The molecule has 1 aromatic rings. The maximum atomic E-state index is 12.8. The van der Waals surface area contributed by atoms with Crippen molar-refractivity contribution in [2.24, 2.45) is 35.5 Å². The van der Waals surface area contributed by atoms with Gasteiger partial charge in [0, 0.05) is 4.47 Å². The van der Waals surface area contributed by atoms with E-state index in [1.807, 2.05) is 24.3 Å². The van der Waals surface area contributed by atoms with Crippen LogP contribution in [0.1, 0.15) is 6.42 Å². The summed E-state index contributed by atoms with van der Waals surface area (Å²) in [6.07, 6.45) is 5.61. The molecule has 0 radical (unpaired) electrons. The number of imide groups is 1. The molecule has 3 nitrogen and oxygen atoms in total. The third-order valence-electron chi connectivity index (χ3n) is 5.75. The van der Waals surface area contributed by atoms with Gasteiger partial charge < -0.3 is 0 Å². The molecule has 2 saturated carbocycles. The number of hydrogen-bond acceptors (Lipinski definition) is 2. The number of carbonyl (C=O) groups excluding carboxylic acids is 2. The molecule has 3 fully saturated rings. The Labute approximate surface area is 131 Å². The standard InChI is InChI=1S/C17H14BrNO2/c18-8-1-3-9(4-2-8)19-16(20)14-10-5-6-11(13-7-12(10)13)15(14)17(19)21/h1-6,10-15H,7H2/t10-,11-,12-,13-,14+,15+/m0/s1. The van der Waals surface area contributed by atoms with Crippen LogP contribution in [0.15, 0.2) is 40.9 Å². The predicted molar refractivity (Wildman–Crippen MR) is 81.3 cm³/mol. The number of nitrogens with zero attached hydrogens (tertiary/aromatic N) is 1. The first kappa shape index (κ1) is 12.2. The van der Waals surface area contributed by atoms with E-state index in [4.69, 9.17) is 0 Å². The smallest absolute Gasteiger partial charge is 0.238 e. The fourth-order valence-corrected chi connectivity index (χ4v) is 5.07. The van der Waals surface area contributed by atoms with Crippen LogP contribution < -0.4 is 4.90 Å². The third-order valence-corrected chi connectivity index (χ3v) is 6.28. The fourth-order valence-electron chi connectivity index (χ4n) is 4.80. The molecule has 1 aromatic carbocycles. The van der Waals surface area contributed by atoms with Crippen LogP contribution in [0.3, 0.4) is 0 Å². The molecule has 0 aromatic heterocycles. The SMILES string of the molecule is O=C1[C@@H]2[C@H]3C=C[C@@H]([C@@H]4C[C@@H]34)[C@H]2C(=O)N1c1ccc(Br)cc1. The number of rotatable bonds is 1. The minimum absolute atomic E-state index is 0.0111. The average Bonchev–Trinajstić information content (AvgIpc) is 3.26. The Kier molecular flexibility index (Phi) is 2.23. The van der Waals surface area contributed by atoms with Crippen molar-refractivity contribution in [2.45, 2.75) is 6.42 Å². The van der Waals surface area contributed by atoms with Crippen LogP contribution in [0.4, 0.5) is 5.69 Å². The first-order chi connectivity index (χ1) is 10.2. The molecule has 1 saturated heterocycles. The lowest BCUT2D eigenvalue weighted by atomic mass is 9.63. The van der Waals surface area contributed by atoms with Gasteiger partial charge in [0.15, 0.2) is 0 Å². The van der Waals surface area contributed by atoms with E-state index in [2.05, 4.69) is 28.1 Å². The summed E-state index contributed by atoms with van der Waals surface area (Å²) in [6, 6.07) is 7.44. The maximum Gasteiger partial charge on any atom is 0.238 e. The number of amides is 2. The number of halogens is 1. The van der Waals surface area contributed by atoms with Gasteiger partial charge in [-0.1, -0.05) is 28.1 Å². The summed E-state index contributed by atoms with van der Waals surface area (Å²) in [6.45, 7) is 0. The van der Waals surface area contributed by atoms with Gasteiger partial charge in [-0.25, -0.2) is 0 Å². The Morgan fingerprint density at radius 2 is 1.43 bits per heavy atom. The largest absolute Gasteiger partial charge is 0.274 e. The molecule has 0 unspecified atom stereocenters. The van der Waals surface area contributed by atoms with Crippen molar-refractivity contribution in [3.05, 3.63) is 40.9 Å². The van der Waals surface area contributed by atoms with E-state index in [9.17, 15) is 9.59 Å². The van der Waals surface area contributed by atoms with Gasteiger partial charge in [-0.05, 0) is 54.4 Å². The number of hydrogen-bond donors (Lipinski definition) is 0. The van der Waals surface area contributed by atoms with Gasteiger partial charge in [0.05, 0.1) is 17.5 Å². The van der Waals surface area contributed by atoms with Gasteiger partial charge in [-0.2, -0.15) is 0 Å². The van der Waals surface area contributed by atoms with Gasteiger partial charge in [-0.3, -0.25) is 14.5 Å². The van der Waals surface area contributed by atoms with E-state index in [0.717, 1.165) is 4.47 Å². The summed E-state index contributed by atoms with van der Waals surface area (Å²) < 4.78 is 0.950. The van der Waals surface area contributed by atoms with E-state index in [0.29, 0.717) is 29.4 Å². The first-order valence-corrected chi connectivity index (χ1v) is 8.28. The Bertz CT molecular complexity index is 659. The highest BCUT2D eigenvalue weighted by Crippen LogP contribution is 2.65. The molecule has 21 heavy (non-hydrogen) atoms. The third kappa shape index (κ3) is 1.44. The van der Waals surface area contributed by atoms with Crippen molar-refractivity contribution >= 4 is 33.4 Å². The zero-order chi connectivity index (χ0) is 14.3. The minimum Gasteiger partial charge on any atom is -0.274 e. The molecule has 2 bridgehead atoms. The lowest BCUT2D eigenvalue weighted by Crippen LogP contribution is -2.40. The molecule has 4 aliphatic carbocycles. The molecule has 106 valence electrons. The van der Waals surface area contributed by atoms with E-state index in [-0.39, 0.29) is 23.7 Å². The van der Waals surface area contributed by atoms with Crippen LogP contribution in [-0.4, -0.2) is 11.8 Å². The molecule has 6 atom stereocenters. The number of carbonyl (C=O) groups is 2. The van der Waals surface area contributed by atoms with Crippen molar-refractivity contribution in [2.75, 3.05) is 4.90 Å². The van der Waals surface area contributed by atoms with Gasteiger partial charge in [0.1, 0.15) is 0 Å². The zero-order valence-corrected chi connectivity index (χ0v) is 12.9. The molecule has 0 N–H and O–H groups in total. The van der Waals surface area contributed by atoms with Crippen LogP contribution in [-0.2, 0) is 9.59 Å². The molecule has 5 aliphatic rings. The molecular weight excluding hydrogens is 330 g/mol. The van der Waals surface area contributed by atoms with Crippen LogP contribution in [0, 0.1) is 35.5 Å². The summed E-state index contributed by atoms with van der Waals surface area (Å²) in [5, 5.41) is 0. The van der Waals surface area contributed by atoms with Crippen molar-refractivity contribution in [1.82, 2.24) is 0 Å². The van der Waals surface area contributed by atoms with E-state index in [1.165, 1.54) is 11.3 Å². The molecule has 1 aliphatic heterocycles. The lowest BCUT2D eigenvalue weighted by molar-refractivity contribution is -0.124.